The monoisotopic (exact) mass is 328 g/mol. The lowest BCUT2D eigenvalue weighted by Crippen LogP contribution is -2.42. The molecule has 1 fully saturated rings. The number of hydroxylamine groups is 1. The van der Waals surface area contributed by atoms with E-state index in [-0.39, 0.29) is 5.41 Å². The van der Waals surface area contributed by atoms with Crippen molar-refractivity contribution in [1.29, 1.82) is 0 Å². The van der Waals surface area contributed by atoms with Gasteiger partial charge in [0.15, 0.2) is 11.6 Å². The first-order valence-electron chi connectivity index (χ1n) is 8.23. The van der Waals surface area contributed by atoms with E-state index in [0.29, 0.717) is 11.4 Å². The predicted octanol–water partition coefficient (Wildman–Crippen LogP) is 4.86. The molecule has 2 aliphatic rings. The lowest BCUT2D eigenvalue weighted by Gasteiger charge is -2.35. The first-order valence-corrected chi connectivity index (χ1v) is 8.23. The van der Waals surface area contributed by atoms with Gasteiger partial charge in [0.2, 0.25) is 0 Å². The fourth-order valence-electron chi connectivity index (χ4n) is 4.02. The van der Waals surface area contributed by atoms with Gasteiger partial charge in [0.25, 0.3) is 0 Å². The number of fused-ring (bicyclic) bond motifs is 2. The Kier molecular flexibility index (Phi) is 3.61. The van der Waals surface area contributed by atoms with Gasteiger partial charge in [0, 0.05) is 0 Å². The highest BCUT2D eigenvalue weighted by molar-refractivity contribution is 6.00. The molecule has 0 radical (unpaired) electrons. The zero-order valence-electron chi connectivity index (χ0n) is 13.1. The van der Waals surface area contributed by atoms with Crippen molar-refractivity contribution in [3.63, 3.8) is 0 Å². The fourth-order valence-corrected chi connectivity index (χ4v) is 4.02. The van der Waals surface area contributed by atoms with Crippen LogP contribution in [0.2, 0.25) is 0 Å². The lowest BCUT2D eigenvalue weighted by molar-refractivity contribution is 0.218. The van der Waals surface area contributed by atoms with Gasteiger partial charge in [-0.25, -0.2) is 13.8 Å². The third kappa shape index (κ3) is 2.23. The Morgan fingerprint density at radius 1 is 0.917 bits per heavy atom. The number of halogens is 2. The van der Waals surface area contributed by atoms with E-state index in [4.69, 9.17) is 0 Å². The first kappa shape index (κ1) is 15.3. The minimum absolute atomic E-state index is 0.295. The minimum Gasteiger partial charge on any atom is -0.290 e. The van der Waals surface area contributed by atoms with Crippen LogP contribution in [0.3, 0.4) is 0 Å². The van der Waals surface area contributed by atoms with Gasteiger partial charge in [-0.2, -0.15) is 0 Å². The number of nitrogens with zero attached hydrogens (tertiary/aromatic N) is 1. The van der Waals surface area contributed by atoms with Crippen molar-refractivity contribution >= 4 is 11.5 Å². The number of nitrogens with one attached hydrogen (secondary N) is 1. The molecule has 24 heavy (non-hydrogen) atoms. The molecule has 0 aromatic heterocycles. The van der Waals surface area contributed by atoms with Crippen LogP contribution in [-0.2, 0) is 5.41 Å². The molecular weight excluding hydrogens is 310 g/mol. The van der Waals surface area contributed by atoms with E-state index in [9.17, 15) is 14.0 Å². The maximum Gasteiger partial charge on any atom is 0.159 e. The molecule has 4 rings (SSSR count). The Hall–Kier alpha value is -2.27. The quantitative estimate of drug-likeness (QED) is 0.735. The van der Waals surface area contributed by atoms with Crippen molar-refractivity contribution in [2.75, 3.05) is 0 Å². The molecule has 0 unspecified atom stereocenters. The van der Waals surface area contributed by atoms with E-state index in [2.05, 4.69) is 10.5 Å². The summed E-state index contributed by atoms with van der Waals surface area (Å²) in [7, 11) is 0. The number of aliphatic imine (C=N–C) groups is 1. The second-order valence-corrected chi connectivity index (χ2v) is 6.58. The SMILES string of the molecule is ONC1=Nc2ccc(-c3ccc(F)c(F)c3)cc2C12CCCCC2. The molecule has 0 bridgehead atoms. The predicted molar refractivity (Wildman–Crippen MR) is 88.6 cm³/mol. The van der Waals surface area contributed by atoms with Gasteiger partial charge in [0.1, 0.15) is 5.84 Å². The molecule has 1 saturated carbocycles. The summed E-state index contributed by atoms with van der Waals surface area (Å²) in [6.45, 7) is 0. The van der Waals surface area contributed by atoms with Crippen molar-refractivity contribution in [2.45, 2.75) is 37.5 Å². The maximum absolute atomic E-state index is 13.6. The minimum atomic E-state index is -0.852. The summed E-state index contributed by atoms with van der Waals surface area (Å²) in [4.78, 5) is 4.53. The van der Waals surface area contributed by atoms with Crippen LogP contribution in [0.15, 0.2) is 41.4 Å². The van der Waals surface area contributed by atoms with Gasteiger partial charge in [0.05, 0.1) is 11.1 Å². The smallest absolute Gasteiger partial charge is 0.159 e. The average Bonchev–Trinajstić information content (AvgIpc) is 2.91. The summed E-state index contributed by atoms with van der Waals surface area (Å²) in [5.74, 6) is -1.10. The van der Waals surface area contributed by atoms with E-state index in [1.807, 2.05) is 18.2 Å². The summed E-state index contributed by atoms with van der Waals surface area (Å²) in [5, 5.41) is 9.54. The topological polar surface area (TPSA) is 44.6 Å². The summed E-state index contributed by atoms with van der Waals surface area (Å²) >= 11 is 0. The van der Waals surface area contributed by atoms with Gasteiger partial charge >= 0.3 is 0 Å². The molecule has 5 heteroatoms. The van der Waals surface area contributed by atoms with Crippen molar-refractivity contribution in [3.8, 4) is 11.1 Å². The molecule has 1 aliphatic carbocycles. The van der Waals surface area contributed by atoms with E-state index in [1.165, 1.54) is 12.5 Å². The summed E-state index contributed by atoms with van der Waals surface area (Å²) < 4.78 is 26.8. The van der Waals surface area contributed by atoms with Crippen LogP contribution in [0, 0.1) is 11.6 Å². The summed E-state index contributed by atoms with van der Waals surface area (Å²) in [6.07, 6.45) is 5.19. The zero-order valence-corrected chi connectivity index (χ0v) is 13.1. The largest absolute Gasteiger partial charge is 0.290 e. The lowest BCUT2D eigenvalue weighted by atomic mass is 9.69. The second-order valence-electron chi connectivity index (χ2n) is 6.58. The number of hydrogen-bond donors (Lipinski definition) is 2. The Labute approximate surface area is 139 Å². The van der Waals surface area contributed by atoms with Crippen molar-refractivity contribution < 1.29 is 14.0 Å². The molecule has 1 aliphatic heterocycles. The van der Waals surface area contributed by atoms with Crippen LogP contribution in [0.1, 0.15) is 37.7 Å². The Morgan fingerprint density at radius 2 is 1.62 bits per heavy atom. The maximum atomic E-state index is 13.6. The van der Waals surface area contributed by atoms with Gasteiger partial charge in [-0.05, 0) is 53.8 Å². The van der Waals surface area contributed by atoms with Crippen LogP contribution in [-0.4, -0.2) is 11.0 Å². The normalized spacial score (nSPS) is 18.4. The first-order chi connectivity index (χ1) is 11.6. The second kappa shape index (κ2) is 5.67. The van der Waals surface area contributed by atoms with E-state index < -0.39 is 11.6 Å². The number of hydrogen-bond acceptors (Lipinski definition) is 3. The molecule has 2 aromatic carbocycles. The van der Waals surface area contributed by atoms with Crippen LogP contribution in [0.25, 0.3) is 11.1 Å². The molecule has 0 atom stereocenters. The molecule has 2 N–H and O–H groups in total. The molecule has 3 nitrogen and oxygen atoms in total. The van der Waals surface area contributed by atoms with Gasteiger partial charge in [-0.3, -0.25) is 10.7 Å². The van der Waals surface area contributed by atoms with E-state index >= 15 is 0 Å². The third-order valence-corrected chi connectivity index (χ3v) is 5.26. The van der Waals surface area contributed by atoms with Crippen molar-refractivity contribution in [3.05, 3.63) is 53.6 Å². The average molecular weight is 328 g/mol. The highest BCUT2D eigenvalue weighted by Crippen LogP contribution is 2.49. The number of rotatable bonds is 1. The van der Waals surface area contributed by atoms with Crippen LogP contribution in [0.4, 0.5) is 14.5 Å². The van der Waals surface area contributed by atoms with Gasteiger partial charge < -0.3 is 0 Å². The summed E-state index contributed by atoms with van der Waals surface area (Å²) in [5.41, 5.74) is 5.34. The zero-order chi connectivity index (χ0) is 16.7. The highest BCUT2D eigenvalue weighted by atomic mass is 19.2. The standard InChI is InChI=1S/C19H18F2N2O/c20-15-6-4-13(11-16(15)21)12-5-7-17-14(10-12)19(18(22-17)23-24)8-2-1-3-9-19/h4-7,10-11,24H,1-3,8-9H2,(H,22,23). The van der Waals surface area contributed by atoms with E-state index in [1.54, 1.807) is 6.07 Å². The molecule has 1 spiro atoms. The molecule has 0 saturated heterocycles. The van der Waals surface area contributed by atoms with Crippen molar-refractivity contribution in [2.24, 2.45) is 4.99 Å². The number of amidine groups is 1. The fraction of sp³-hybridized carbons (Fsp3) is 0.316. The van der Waals surface area contributed by atoms with E-state index in [0.717, 1.165) is 48.6 Å². The molecule has 1 heterocycles. The molecular formula is C19H18F2N2O. The van der Waals surface area contributed by atoms with Gasteiger partial charge in [-0.1, -0.05) is 31.4 Å². The molecule has 0 amide bonds. The van der Waals surface area contributed by atoms with Crippen LogP contribution < -0.4 is 5.48 Å². The Balaban J connectivity index is 1.81. The highest BCUT2D eigenvalue weighted by Gasteiger charge is 2.44. The van der Waals surface area contributed by atoms with Crippen molar-refractivity contribution in [1.82, 2.24) is 5.48 Å². The third-order valence-electron chi connectivity index (χ3n) is 5.26. The Morgan fingerprint density at radius 3 is 2.33 bits per heavy atom. The molecule has 2 aromatic rings. The summed E-state index contributed by atoms with van der Waals surface area (Å²) in [6, 6.07) is 9.67. The number of benzene rings is 2. The van der Waals surface area contributed by atoms with Crippen LogP contribution >= 0.6 is 0 Å². The Bertz CT molecular complexity index is 826. The van der Waals surface area contributed by atoms with Crippen LogP contribution in [0.5, 0.6) is 0 Å². The molecule has 124 valence electrons. The van der Waals surface area contributed by atoms with Gasteiger partial charge in [-0.15, -0.1) is 0 Å².